The van der Waals surface area contributed by atoms with Crippen LogP contribution in [0.4, 0.5) is 0 Å². The highest BCUT2D eigenvalue weighted by molar-refractivity contribution is 14.1. The first-order valence-electron chi connectivity index (χ1n) is 3.21. The summed E-state index contributed by atoms with van der Waals surface area (Å²) in [6.45, 7) is 1.80. The molecule has 1 heterocycles. The Balaban J connectivity index is 2.52. The molecule has 0 bridgehead atoms. The van der Waals surface area contributed by atoms with E-state index in [1.807, 2.05) is 6.92 Å². The van der Waals surface area contributed by atoms with Crippen molar-refractivity contribution in [3.63, 3.8) is 0 Å². The highest BCUT2D eigenvalue weighted by Crippen LogP contribution is 2.35. The molecule has 1 saturated heterocycles. The monoisotopic (exact) mass is 258 g/mol. The largest absolute Gasteiger partial charge is 0.394 e. The number of ether oxygens (including phenoxy) is 1. The fourth-order valence-electron chi connectivity index (χ4n) is 1.11. The molecule has 4 heteroatoms. The summed E-state index contributed by atoms with van der Waals surface area (Å²) in [7, 11) is 0. The van der Waals surface area contributed by atoms with E-state index in [0.29, 0.717) is 6.42 Å². The van der Waals surface area contributed by atoms with E-state index in [4.69, 9.17) is 9.84 Å². The highest BCUT2D eigenvalue weighted by Gasteiger charge is 2.40. The Morgan fingerprint density at radius 2 is 2.40 bits per heavy atom. The fourth-order valence-corrected chi connectivity index (χ4v) is 1.88. The van der Waals surface area contributed by atoms with Crippen LogP contribution >= 0.6 is 22.6 Å². The van der Waals surface area contributed by atoms with Crippen LogP contribution in [0.3, 0.4) is 0 Å². The van der Waals surface area contributed by atoms with Crippen LogP contribution in [0.5, 0.6) is 0 Å². The summed E-state index contributed by atoms with van der Waals surface area (Å²) in [5.41, 5.74) is 0. The fraction of sp³-hybridized carbons (Fsp3) is 1.00. The molecule has 0 spiro atoms. The van der Waals surface area contributed by atoms with Crippen molar-refractivity contribution in [1.82, 2.24) is 0 Å². The summed E-state index contributed by atoms with van der Waals surface area (Å²) in [6, 6.07) is 0. The lowest BCUT2D eigenvalue weighted by atomic mass is 10.1. The lowest BCUT2D eigenvalue weighted by molar-refractivity contribution is -0.0222. The lowest BCUT2D eigenvalue weighted by Gasteiger charge is -2.14. The molecule has 0 radical (unpaired) electrons. The van der Waals surface area contributed by atoms with Crippen molar-refractivity contribution in [2.45, 2.75) is 29.2 Å². The second kappa shape index (κ2) is 2.92. The Labute approximate surface area is 73.5 Å². The van der Waals surface area contributed by atoms with E-state index in [2.05, 4.69) is 22.6 Å². The number of aliphatic hydroxyl groups is 2. The molecule has 10 heavy (non-hydrogen) atoms. The number of hydrogen-bond donors (Lipinski definition) is 2. The van der Waals surface area contributed by atoms with Crippen molar-refractivity contribution in [2.24, 2.45) is 0 Å². The molecule has 0 aromatic heterocycles. The van der Waals surface area contributed by atoms with E-state index in [1.165, 1.54) is 0 Å². The van der Waals surface area contributed by atoms with E-state index in [1.54, 1.807) is 0 Å². The number of halogens is 1. The molecule has 0 aliphatic carbocycles. The van der Waals surface area contributed by atoms with Crippen LogP contribution in [-0.2, 0) is 4.74 Å². The van der Waals surface area contributed by atoms with Gasteiger partial charge in [-0.1, -0.05) is 0 Å². The minimum absolute atomic E-state index is 0.0975. The van der Waals surface area contributed by atoms with Crippen LogP contribution in [0, 0.1) is 0 Å². The second-order valence-electron chi connectivity index (χ2n) is 2.71. The number of rotatable bonds is 1. The molecular weight excluding hydrogens is 247 g/mol. The van der Waals surface area contributed by atoms with Crippen molar-refractivity contribution in [3.8, 4) is 0 Å². The molecule has 1 aliphatic heterocycles. The van der Waals surface area contributed by atoms with Gasteiger partial charge in [0.1, 0.15) is 9.71 Å². The molecule has 1 rings (SSSR count). The van der Waals surface area contributed by atoms with Crippen molar-refractivity contribution in [2.75, 3.05) is 6.61 Å². The van der Waals surface area contributed by atoms with E-state index in [-0.39, 0.29) is 16.3 Å². The summed E-state index contributed by atoms with van der Waals surface area (Å²) < 4.78 is 5.00. The van der Waals surface area contributed by atoms with Crippen LogP contribution < -0.4 is 0 Å². The predicted octanol–water partition coefficient (Wildman–Crippen LogP) is 0.280. The topological polar surface area (TPSA) is 49.7 Å². The van der Waals surface area contributed by atoms with Gasteiger partial charge in [0.05, 0.1) is 12.7 Å². The maximum atomic E-state index is 9.23. The normalized spacial score (nSPS) is 48.0. The SMILES string of the molecule is CC1(I)C[C@H](O)C(CO)O1. The minimum atomic E-state index is -0.508. The number of alkyl halides is 1. The van der Waals surface area contributed by atoms with Gasteiger partial charge in [-0.25, -0.2) is 0 Å². The molecule has 3 nitrogen and oxygen atoms in total. The van der Waals surface area contributed by atoms with Gasteiger partial charge in [-0.05, 0) is 29.5 Å². The van der Waals surface area contributed by atoms with Gasteiger partial charge < -0.3 is 14.9 Å². The third kappa shape index (κ3) is 1.81. The number of hydrogen-bond acceptors (Lipinski definition) is 3. The Bertz CT molecular complexity index is 126. The molecule has 0 aromatic carbocycles. The summed E-state index contributed by atoms with van der Waals surface area (Å²) in [5.74, 6) is 0. The summed E-state index contributed by atoms with van der Waals surface area (Å²) in [6.07, 6.45) is -0.299. The maximum absolute atomic E-state index is 9.23. The van der Waals surface area contributed by atoms with E-state index in [9.17, 15) is 5.11 Å². The van der Waals surface area contributed by atoms with Crippen molar-refractivity contribution in [1.29, 1.82) is 0 Å². The Kier molecular flexibility index (Phi) is 2.54. The maximum Gasteiger partial charge on any atom is 0.119 e. The zero-order valence-corrected chi connectivity index (χ0v) is 7.91. The minimum Gasteiger partial charge on any atom is -0.394 e. The van der Waals surface area contributed by atoms with Crippen molar-refractivity contribution in [3.05, 3.63) is 0 Å². The zero-order chi connectivity index (χ0) is 7.78. The zero-order valence-electron chi connectivity index (χ0n) is 5.75. The quantitative estimate of drug-likeness (QED) is 0.524. The summed E-state index contributed by atoms with van der Waals surface area (Å²) >= 11 is 2.13. The average molecular weight is 258 g/mol. The molecule has 2 N–H and O–H groups in total. The summed E-state index contributed by atoms with van der Waals surface area (Å²) in [5, 5.41) is 17.9. The highest BCUT2D eigenvalue weighted by atomic mass is 127. The first-order chi connectivity index (χ1) is 4.55. The molecule has 2 unspecified atom stereocenters. The molecule has 0 aromatic rings. The molecule has 3 atom stereocenters. The van der Waals surface area contributed by atoms with Crippen molar-refractivity contribution < 1.29 is 14.9 Å². The van der Waals surface area contributed by atoms with Gasteiger partial charge in [0, 0.05) is 6.42 Å². The molecule has 0 saturated carbocycles. The molecule has 60 valence electrons. The predicted molar refractivity (Wildman–Crippen MR) is 45.0 cm³/mol. The van der Waals surface area contributed by atoms with Gasteiger partial charge in [-0.3, -0.25) is 0 Å². The Hall–Kier alpha value is 0.610. The Morgan fingerprint density at radius 3 is 2.60 bits per heavy atom. The van der Waals surface area contributed by atoms with Gasteiger partial charge in [0.15, 0.2) is 0 Å². The van der Waals surface area contributed by atoms with Crippen LogP contribution in [0.1, 0.15) is 13.3 Å². The smallest absolute Gasteiger partial charge is 0.119 e. The summed E-state index contributed by atoms with van der Waals surface area (Å²) in [4.78, 5) is 0. The van der Waals surface area contributed by atoms with E-state index < -0.39 is 6.10 Å². The van der Waals surface area contributed by atoms with Crippen LogP contribution in [-0.4, -0.2) is 32.6 Å². The Morgan fingerprint density at radius 1 is 1.80 bits per heavy atom. The van der Waals surface area contributed by atoms with Gasteiger partial charge in [0.2, 0.25) is 0 Å². The molecule has 1 fully saturated rings. The van der Waals surface area contributed by atoms with Gasteiger partial charge >= 0.3 is 0 Å². The van der Waals surface area contributed by atoms with Crippen LogP contribution in [0.2, 0.25) is 0 Å². The standard InChI is InChI=1S/C6H11IO3/c1-6(7)2-4(9)5(3-8)10-6/h4-5,8-9H,2-3H2,1H3/t4-,5?,6?/m0/s1. The van der Waals surface area contributed by atoms with Gasteiger partial charge in [0.25, 0.3) is 0 Å². The second-order valence-corrected chi connectivity index (χ2v) is 4.99. The van der Waals surface area contributed by atoms with Gasteiger partial charge in [-0.15, -0.1) is 0 Å². The van der Waals surface area contributed by atoms with E-state index in [0.717, 1.165) is 0 Å². The van der Waals surface area contributed by atoms with E-state index >= 15 is 0 Å². The number of aliphatic hydroxyl groups excluding tert-OH is 2. The van der Waals surface area contributed by atoms with Crippen LogP contribution in [0.15, 0.2) is 0 Å². The molecular formula is C6H11IO3. The lowest BCUT2D eigenvalue weighted by Crippen LogP contribution is -2.24. The average Bonchev–Trinajstić information content (AvgIpc) is 2.05. The third-order valence-electron chi connectivity index (χ3n) is 1.58. The first-order valence-corrected chi connectivity index (χ1v) is 4.29. The molecule has 1 aliphatic rings. The van der Waals surface area contributed by atoms with Crippen LogP contribution in [0.25, 0.3) is 0 Å². The third-order valence-corrected chi connectivity index (χ3v) is 2.27. The van der Waals surface area contributed by atoms with Gasteiger partial charge in [-0.2, -0.15) is 0 Å². The molecule has 0 amide bonds. The van der Waals surface area contributed by atoms with Crippen molar-refractivity contribution >= 4 is 22.6 Å². The first kappa shape index (κ1) is 8.70.